The van der Waals surface area contributed by atoms with Gasteiger partial charge in [-0.3, -0.25) is 25.0 Å². The monoisotopic (exact) mass is 891 g/mol. The van der Waals surface area contributed by atoms with Gasteiger partial charge in [0.05, 0.1) is 52.4 Å². The van der Waals surface area contributed by atoms with Crippen LogP contribution in [0, 0.1) is 11.8 Å². The molecule has 0 aromatic rings. The minimum Gasteiger partial charge on any atom is -0.481 e. The van der Waals surface area contributed by atoms with Gasteiger partial charge in [-0.1, -0.05) is 89.9 Å². The van der Waals surface area contributed by atoms with E-state index >= 15 is 0 Å². The molecule has 0 aromatic carbocycles. The van der Waals surface area contributed by atoms with Crippen LogP contribution in [0.25, 0.3) is 0 Å². The highest BCUT2D eigenvalue weighted by molar-refractivity contribution is 5.85. The second kappa shape index (κ2) is 40.1. The first-order valence-electron chi connectivity index (χ1n) is 23.8. The Hall–Kier alpha value is -2.48. The quantitative estimate of drug-likeness (QED) is 0.0307. The number of rotatable bonds is 44. The summed E-state index contributed by atoms with van der Waals surface area (Å²) in [7, 11) is 0. The summed E-state index contributed by atoms with van der Waals surface area (Å²) < 4.78 is 21.2. The Morgan fingerprint density at radius 3 is 1.66 bits per heavy atom. The summed E-state index contributed by atoms with van der Waals surface area (Å²) in [4.78, 5) is 47.2. The van der Waals surface area contributed by atoms with Crippen LogP contribution in [0.1, 0.15) is 155 Å². The fourth-order valence-corrected chi connectivity index (χ4v) is 7.41. The number of ether oxygens (including phenoxy) is 4. The summed E-state index contributed by atoms with van der Waals surface area (Å²) in [6, 6.07) is -1.24. The van der Waals surface area contributed by atoms with Gasteiger partial charge in [-0.25, -0.2) is 4.79 Å². The van der Waals surface area contributed by atoms with Gasteiger partial charge in [0.25, 0.3) is 0 Å². The lowest BCUT2D eigenvalue weighted by atomic mass is 9.81. The number of carbonyl (C=O) groups excluding carboxylic acids is 2. The Balaban J connectivity index is 2.00. The summed E-state index contributed by atoms with van der Waals surface area (Å²) >= 11 is 0. The highest BCUT2D eigenvalue weighted by Gasteiger charge is 2.30. The lowest BCUT2D eigenvalue weighted by Crippen LogP contribution is -2.48. The Labute approximate surface area is 371 Å². The molecule has 0 aliphatic heterocycles. The van der Waals surface area contributed by atoms with Crippen molar-refractivity contribution in [1.29, 1.82) is 0 Å². The maximum atomic E-state index is 13.0. The molecule has 0 spiro atoms. The molecule has 1 aliphatic rings. The molecule has 0 bridgehead atoms. The van der Waals surface area contributed by atoms with Crippen molar-refractivity contribution in [2.24, 2.45) is 11.8 Å². The van der Waals surface area contributed by atoms with Gasteiger partial charge in [-0.15, -0.1) is 0 Å². The first-order valence-corrected chi connectivity index (χ1v) is 23.8. The molecule has 17 heteroatoms. The fraction of sp³-hybridized carbons (Fsp3) is 0.911. The first kappa shape index (κ1) is 57.5. The smallest absolute Gasteiger partial charge is 0.326 e. The number of carboxylic acid groups (broad SMARTS) is 2. The predicted molar refractivity (Wildman–Crippen MR) is 236 cm³/mol. The van der Waals surface area contributed by atoms with Gasteiger partial charge < -0.3 is 55.1 Å². The third-order valence-electron chi connectivity index (χ3n) is 11.1. The molecule has 1 saturated carbocycles. The molecule has 364 valence electrons. The van der Waals surface area contributed by atoms with Gasteiger partial charge in [0, 0.05) is 38.4 Å². The van der Waals surface area contributed by atoms with E-state index in [0.29, 0.717) is 58.1 Å². The average Bonchev–Trinajstić information content (AvgIpc) is 3.23. The Kier molecular flexibility index (Phi) is 37.2. The van der Waals surface area contributed by atoms with E-state index in [1.807, 2.05) is 0 Å². The third-order valence-corrected chi connectivity index (χ3v) is 11.1. The van der Waals surface area contributed by atoms with Crippen molar-refractivity contribution in [2.45, 2.75) is 179 Å². The average molecular weight is 891 g/mol. The van der Waals surface area contributed by atoms with Crippen molar-refractivity contribution in [3.05, 3.63) is 0 Å². The lowest BCUT2D eigenvalue weighted by Gasteiger charge is -2.29. The number of nitrogens with one attached hydrogen (secondary N) is 4. The maximum absolute atomic E-state index is 13.0. The topological polar surface area (TPSA) is 254 Å². The number of hydrogen-bond donors (Lipinski definition) is 9. The van der Waals surface area contributed by atoms with Crippen LogP contribution in [0.2, 0.25) is 0 Å². The molecule has 0 radical (unpaired) electrons. The van der Waals surface area contributed by atoms with Crippen LogP contribution in [0.5, 0.6) is 0 Å². The van der Waals surface area contributed by atoms with Gasteiger partial charge >= 0.3 is 11.9 Å². The van der Waals surface area contributed by atoms with E-state index in [1.165, 1.54) is 70.6 Å². The molecular weight excluding hydrogens is 805 g/mol. The second-order valence-corrected chi connectivity index (χ2v) is 16.9. The van der Waals surface area contributed by atoms with Gasteiger partial charge in [0.15, 0.2) is 0 Å². The molecule has 1 unspecified atom stereocenters. The van der Waals surface area contributed by atoms with Crippen molar-refractivity contribution in [2.75, 3.05) is 72.5 Å². The summed E-state index contributed by atoms with van der Waals surface area (Å²) in [5.74, 6) is -2.46. The van der Waals surface area contributed by atoms with Crippen molar-refractivity contribution in [3.63, 3.8) is 0 Å². The molecule has 17 nitrogen and oxygen atoms in total. The summed E-state index contributed by atoms with van der Waals surface area (Å²) in [6.45, 7) is 4.69. The van der Waals surface area contributed by atoms with Gasteiger partial charge in [-0.2, -0.15) is 0 Å². The van der Waals surface area contributed by atoms with Crippen molar-refractivity contribution in [1.82, 2.24) is 21.3 Å². The van der Waals surface area contributed by atoms with Gasteiger partial charge in [0.1, 0.15) is 25.1 Å². The summed E-state index contributed by atoms with van der Waals surface area (Å²) in [5, 5.41) is 59.6. The van der Waals surface area contributed by atoms with Crippen LogP contribution >= 0.6 is 0 Å². The van der Waals surface area contributed by atoms with Crippen molar-refractivity contribution >= 4 is 23.8 Å². The van der Waals surface area contributed by atoms with Gasteiger partial charge in [-0.05, 0) is 57.8 Å². The number of amides is 2. The van der Waals surface area contributed by atoms with E-state index in [1.54, 1.807) is 6.92 Å². The summed E-state index contributed by atoms with van der Waals surface area (Å²) in [5.41, 5.74) is 0. The predicted octanol–water partition coefficient (Wildman–Crippen LogP) is 4.24. The number of aliphatic hydroxyl groups is 3. The highest BCUT2D eigenvalue weighted by Crippen LogP contribution is 2.29. The Bertz CT molecular complexity index is 1110. The molecule has 1 aliphatic carbocycles. The molecule has 1 fully saturated rings. The van der Waals surface area contributed by atoms with Crippen LogP contribution in [0.4, 0.5) is 0 Å². The molecular formula is C45H86N4O13. The Morgan fingerprint density at radius 1 is 0.597 bits per heavy atom. The maximum Gasteiger partial charge on any atom is 0.326 e. The van der Waals surface area contributed by atoms with E-state index in [4.69, 9.17) is 29.2 Å². The SMILES string of the molecule is CC(O)COCCOCCNC(=O)COCCOCCN[C@H](O)C[C@@H](NC(=O)C1CCC(CN[C@H](O)CCCCCCCCCCCCCCCCCCC(=O)O)CC1)C(=O)O. The number of unbranched alkanes of at least 4 members (excludes halogenated alkanes) is 15. The summed E-state index contributed by atoms with van der Waals surface area (Å²) in [6.07, 6.45) is 20.6. The largest absolute Gasteiger partial charge is 0.481 e. The van der Waals surface area contributed by atoms with E-state index < -0.39 is 36.5 Å². The Morgan fingerprint density at radius 2 is 1.11 bits per heavy atom. The van der Waals surface area contributed by atoms with E-state index in [2.05, 4.69) is 21.3 Å². The minimum atomic E-state index is -1.24. The molecule has 0 heterocycles. The second-order valence-electron chi connectivity index (χ2n) is 16.9. The molecule has 0 saturated heterocycles. The third kappa shape index (κ3) is 35.9. The van der Waals surface area contributed by atoms with Crippen LogP contribution in [0.15, 0.2) is 0 Å². The standard InChI is InChI=1S/C45H86N4O13/c1-36(50)34-61-30-28-60-27-25-47-42(53)35-62-31-29-59-26-24-46-41(52)32-39(45(57)58)49-44(56)38-22-20-37(21-23-38)33-48-40(51)18-16-14-12-10-8-6-4-2-3-5-7-9-11-13-15-17-19-43(54)55/h36-41,46,48,50-52H,2-35H2,1H3,(H,47,53)(H,49,56)(H,54,55)(H,57,58)/t36?,37?,38?,39-,40-,41-/m1/s1. The first-order chi connectivity index (χ1) is 30.0. The number of carbonyl (C=O) groups is 4. The minimum absolute atomic E-state index is 0.128. The zero-order chi connectivity index (χ0) is 45.5. The van der Waals surface area contributed by atoms with Crippen molar-refractivity contribution < 1.29 is 63.7 Å². The zero-order valence-corrected chi connectivity index (χ0v) is 38.0. The van der Waals surface area contributed by atoms with E-state index in [9.17, 15) is 34.5 Å². The van der Waals surface area contributed by atoms with Crippen molar-refractivity contribution in [3.8, 4) is 0 Å². The molecule has 2 amide bonds. The van der Waals surface area contributed by atoms with E-state index in [-0.39, 0.29) is 63.7 Å². The number of aliphatic carboxylic acids is 2. The van der Waals surface area contributed by atoms with E-state index in [0.717, 1.165) is 51.4 Å². The number of carboxylic acids is 2. The van der Waals surface area contributed by atoms with Crippen LogP contribution in [-0.4, -0.2) is 146 Å². The normalized spacial score (nSPS) is 17.3. The number of hydrogen-bond acceptors (Lipinski definition) is 13. The van der Waals surface area contributed by atoms with Crippen LogP contribution < -0.4 is 21.3 Å². The molecule has 4 atom stereocenters. The number of aliphatic hydroxyl groups excluding tert-OH is 3. The fourth-order valence-electron chi connectivity index (χ4n) is 7.41. The lowest BCUT2D eigenvalue weighted by molar-refractivity contribution is -0.143. The van der Waals surface area contributed by atoms with Gasteiger partial charge in [0.2, 0.25) is 11.8 Å². The van der Waals surface area contributed by atoms with Crippen LogP contribution in [-0.2, 0) is 38.1 Å². The molecule has 1 rings (SSSR count). The van der Waals surface area contributed by atoms with Crippen LogP contribution in [0.3, 0.4) is 0 Å². The highest BCUT2D eigenvalue weighted by atomic mass is 16.5. The molecule has 62 heavy (non-hydrogen) atoms. The zero-order valence-electron chi connectivity index (χ0n) is 38.0. The molecule has 9 N–H and O–H groups in total. The molecule has 0 aromatic heterocycles.